The highest BCUT2D eigenvalue weighted by atomic mass is 35.5. The van der Waals surface area contributed by atoms with Crippen LogP contribution in [0.25, 0.3) is 5.69 Å². The Hall–Kier alpha value is -4.86. The van der Waals surface area contributed by atoms with Gasteiger partial charge in [0, 0.05) is 25.5 Å². The molecule has 20 heteroatoms. The molecule has 0 bridgehead atoms. The van der Waals surface area contributed by atoms with Gasteiger partial charge in [-0.3, -0.25) is 9.88 Å². The van der Waals surface area contributed by atoms with Gasteiger partial charge in [-0.05, 0) is 43.9 Å². The second-order valence-electron chi connectivity index (χ2n) is 10.4. The number of ether oxygens (including phenoxy) is 2. The first kappa shape index (κ1) is 38.0. The van der Waals surface area contributed by atoms with E-state index in [2.05, 4.69) is 31.3 Å². The molecule has 0 atom stereocenters. The summed E-state index contributed by atoms with van der Waals surface area (Å²) in [7, 11) is -3.14. The van der Waals surface area contributed by atoms with Crippen molar-refractivity contribution in [2.75, 3.05) is 19.0 Å². The number of hydrogen-bond acceptors (Lipinski definition) is 10. The maximum absolute atomic E-state index is 12.5. The van der Waals surface area contributed by atoms with E-state index in [1.54, 1.807) is 15.4 Å². The van der Waals surface area contributed by atoms with Crippen molar-refractivity contribution < 1.29 is 35.9 Å². The number of fused-ring (bicyclic) bond motifs is 1. The standard InChI is InChI=1S/C15H13Cl2N3O2.C15H16F3N5O4S/c1-2-7-22-13-9-12(10(16)8-11(13)17)20-15(21)19-6-4-3-5-14(19)18-20;1-9-19-12(22-14(20-9)27-2)21-13(24)23-28(25,26)11-6-4-3-5-10(11)7-8-15(16,17)18/h1,8-9H,3-7H2;3-6H,7-8H2,1-2H3,(H2,19,20,21,22,23,24). The fraction of sp³-hybridized carbons (Fsp3) is 0.333. The van der Waals surface area contributed by atoms with Crippen molar-refractivity contribution in [3.63, 3.8) is 0 Å². The molecule has 4 aromatic rings. The minimum Gasteiger partial charge on any atom is -0.479 e. The van der Waals surface area contributed by atoms with Crippen molar-refractivity contribution >= 4 is 45.2 Å². The quantitative estimate of drug-likeness (QED) is 0.224. The molecule has 2 N–H and O–H groups in total. The number of benzene rings is 2. The van der Waals surface area contributed by atoms with Crippen LogP contribution in [0.15, 0.2) is 46.1 Å². The van der Waals surface area contributed by atoms with Gasteiger partial charge in [0.05, 0.1) is 27.7 Å². The number of alkyl halides is 3. The molecule has 0 saturated heterocycles. The van der Waals surface area contributed by atoms with Gasteiger partial charge in [-0.1, -0.05) is 47.3 Å². The number of rotatable bonds is 9. The smallest absolute Gasteiger partial charge is 0.389 e. The number of aryl methyl sites for hydroxylation is 3. The zero-order chi connectivity index (χ0) is 36.6. The Morgan fingerprint density at radius 3 is 2.54 bits per heavy atom. The number of anilines is 1. The molecule has 1 aliphatic heterocycles. The zero-order valence-electron chi connectivity index (χ0n) is 26.4. The van der Waals surface area contributed by atoms with Crippen LogP contribution in [0.5, 0.6) is 11.8 Å². The molecule has 0 unspecified atom stereocenters. The van der Waals surface area contributed by atoms with E-state index in [0.29, 0.717) is 28.0 Å². The average Bonchev–Trinajstić information content (AvgIpc) is 3.38. The number of aromatic nitrogens is 6. The van der Waals surface area contributed by atoms with E-state index in [0.717, 1.165) is 31.2 Å². The lowest BCUT2D eigenvalue weighted by Gasteiger charge is -2.13. The summed E-state index contributed by atoms with van der Waals surface area (Å²) in [5, 5.41) is 7.15. The molecule has 5 rings (SSSR count). The molecular weight excluding hydrogens is 728 g/mol. The third-order valence-electron chi connectivity index (χ3n) is 6.81. The van der Waals surface area contributed by atoms with Crippen molar-refractivity contribution in [3.05, 3.63) is 74.1 Å². The number of terminal acetylenes is 1. The van der Waals surface area contributed by atoms with E-state index in [1.807, 2.05) is 0 Å². The number of hydrogen-bond donors (Lipinski definition) is 2. The van der Waals surface area contributed by atoms with Gasteiger partial charge in [0.1, 0.15) is 24.0 Å². The first-order valence-corrected chi connectivity index (χ1v) is 16.8. The van der Waals surface area contributed by atoms with E-state index in [-0.39, 0.29) is 35.6 Å². The highest BCUT2D eigenvalue weighted by Crippen LogP contribution is 2.33. The third kappa shape index (κ3) is 9.86. The Balaban J connectivity index is 0.000000231. The van der Waals surface area contributed by atoms with Gasteiger partial charge in [-0.2, -0.15) is 32.8 Å². The van der Waals surface area contributed by atoms with Crippen molar-refractivity contribution in [1.82, 2.24) is 34.0 Å². The average molecular weight is 758 g/mol. The molecule has 0 spiro atoms. The molecule has 0 aliphatic carbocycles. The molecule has 50 heavy (non-hydrogen) atoms. The molecule has 2 amide bonds. The highest BCUT2D eigenvalue weighted by molar-refractivity contribution is 7.90. The van der Waals surface area contributed by atoms with Crippen LogP contribution in [0.1, 0.15) is 36.5 Å². The van der Waals surface area contributed by atoms with Crippen LogP contribution >= 0.6 is 23.2 Å². The maximum Gasteiger partial charge on any atom is 0.389 e. The lowest BCUT2D eigenvalue weighted by atomic mass is 10.1. The van der Waals surface area contributed by atoms with Crippen molar-refractivity contribution in [2.45, 2.75) is 56.6 Å². The molecule has 0 saturated carbocycles. The normalized spacial score (nSPS) is 12.5. The van der Waals surface area contributed by atoms with Gasteiger partial charge in [-0.25, -0.2) is 22.7 Å². The summed E-state index contributed by atoms with van der Waals surface area (Å²) in [6.07, 6.45) is 1.78. The summed E-state index contributed by atoms with van der Waals surface area (Å²) in [5.74, 6) is 3.46. The van der Waals surface area contributed by atoms with Crippen molar-refractivity contribution in [3.8, 4) is 29.8 Å². The fourth-order valence-electron chi connectivity index (χ4n) is 4.62. The van der Waals surface area contributed by atoms with E-state index >= 15 is 0 Å². The molecule has 1 aliphatic rings. The van der Waals surface area contributed by atoms with Gasteiger partial charge in [0.2, 0.25) is 5.95 Å². The van der Waals surface area contributed by atoms with E-state index in [4.69, 9.17) is 39.1 Å². The van der Waals surface area contributed by atoms with Crippen LogP contribution in [0.4, 0.5) is 23.9 Å². The molecule has 2 aromatic heterocycles. The summed E-state index contributed by atoms with van der Waals surface area (Å²) in [5.41, 5.74) is 0.157. The fourth-order valence-corrected chi connectivity index (χ4v) is 6.32. The van der Waals surface area contributed by atoms with Crippen molar-refractivity contribution in [1.29, 1.82) is 0 Å². The van der Waals surface area contributed by atoms with E-state index in [1.165, 1.54) is 43.0 Å². The molecule has 266 valence electrons. The minimum atomic E-state index is -4.45. The number of nitrogens with one attached hydrogen (secondary N) is 2. The topological polar surface area (TPSA) is 172 Å². The first-order valence-electron chi connectivity index (χ1n) is 14.6. The monoisotopic (exact) mass is 756 g/mol. The SMILES string of the molecule is C#CCOc1cc(-n2nc3n(c2=O)CCCC3)c(Cl)cc1Cl.COc1nc(C)nc(NC(=O)NS(=O)(=O)c2ccccc2CCC(F)(F)F)n1. The number of urea groups is 1. The minimum absolute atomic E-state index is 0.0715. The molecule has 3 heterocycles. The number of sulfonamides is 1. The second-order valence-corrected chi connectivity index (χ2v) is 12.9. The van der Waals surface area contributed by atoms with Crippen LogP contribution in [-0.2, 0) is 29.4 Å². The Morgan fingerprint density at radius 2 is 1.86 bits per heavy atom. The molecular formula is C30H29Cl2F3N8O6S. The summed E-state index contributed by atoms with van der Waals surface area (Å²) in [4.78, 5) is 35.4. The highest BCUT2D eigenvalue weighted by Gasteiger charge is 2.29. The summed E-state index contributed by atoms with van der Waals surface area (Å²) < 4.78 is 77.1. The molecule has 0 radical (unpaired) electrons. The van der Waals surface area contributed by atoms with E-state index < -0.39 is 40.0 Å². The zero-order valence-corrected chi connectivity index (χ0v) is 28.8. The predicted octanol–water partition coefficient (Wildman–Crippen LogP) is 4.88. The Bertz CT molecular complexity index is 2080. The molecule has 0 fully saturated rings. The van der Waals surface area contributed by atoms with E-state index in [9.17, 15) is 31.2 Å². The molecule has 2 aromatic carbocycles. The van der Waals surface area contributed by atoms with Gasteiger partial charge in [0.15, 0.2) is 0 Å². The van der Waals surface area contributed by atoms with Crippen LogP contribution in [0.3, 0.4) is 0 Å². The summed E-state index contributed by atoms with van der Waals surface area (Å²) in [6, 6.07) is 6.92. The first-order chi connectivity index (χ1) is 23.6. The Kier molecular flexibility index (Phi) is 12.3. The van der Waals surface area contributed by atoms with Gasteiger partial charge in [-0.15, -0.1) is 11.5 Å². The second kappa shape index (κ2) is 16.2. The Labute approximate surface area is 294 Å². The van der Waals surface area contributed by atoms with Crippen molar-refractivity contribution in [2.24, 2.45) is 0 Å². The van der Waals surface area contributed by atoms with Gasteiger partial charge in [0.25, 0.3) is 10.0 Å². The van der Waals surface area contributed by atoms with Gasteiger partial charge >= 0.3 is 23.9 Å². The number of nitrogens with zero attached hydrogens (tertiary/aromatic N) is 6. The van der Waals surface area contributed by atoms with Gasteiger partial charge < -0.3 is 9.47 Å². The predicted molar refractivity (Wildman–Crippen MR) is 176 cm³/mol. The van der Waals surface area contributed by atoms with Crippen LogP contribution in [-0.4, -0.2) is 63.6 Å². The third-order valence-corrected chi connectivity index (χ3v) is 8.84. The summed E-state index contributed by atoms with van der Waals surface area (Å²) >= 11 is 12.3. The Morgan fingerprint density at radius 1 is 1.12 bits per heavy atom. The van der Waals surface area contributed by atoms with Crippen LogP contribution in [0.2, 0.25) is 10.0 Å². The lowest BCUT2D eigenvalue weighted by Crippen LogP contribution is -2.35. The van der Waals surface area contributed by atoms with Crippen LogP contribution in [0, 0.1) is 19.3 Å². The maximum atomic E-state index is 12.5. The number of amides is 2. The largest absolute Gasteiger partial charge is 0.479 e. The number of methoxy groups -OCH3 is 1. The van der Waals surface area contributed by atoms with Crippen LogP contribution < -0.4 is 25.2 Å². The number of carbonyl (C=O) groups is 1. The lowest BCUT2D eigenvalue weighted by molar-refractivity contribution is -0.134. The molecule has 14 nitrogen and oxygen atoms in total. The number of carbonyl (C=O) groups excluding carboxylic acids is 1. The summed E-state index contributed by atoms with van der Waals surface area (Å²) in [6.45, 7) is 2.26. The number of halogens is 5.